The average molecular weight is 465 g/mol. The van der Waals surface area contributed by atoms with E-state index >= 15 is 0 Å². The molecule has 0 aliphatic heterocycles. The van der Waals surface area contributed by atoms with Gasteiger partial charge in [-0.3, -0.25) is 9.59 Å². The van der Waals surface area contributed by atoms with Crippen LogP contribution in [0.3, 0.4) is 0 Å². The third kappa shape index (κ3) is 5.58. The molecule has 0 spiro atoms. The van der Waals surface area contributed by atoms with Gasteiger partial charge in [-0.15, -0.1) is 0 Å². The number of rotatable bonds is 9. The fourth-order valence-electron chi connectivity index (χ4n) is 5.15. The van der Waals surface area contributed by atoms with Gasteiger partial charge in [-0.25, -0.2) is 4.79 Å². The fourth-order valence-corrected chi connectivity index (χ4v) is 5.15. The van der Waals surface area contributed by atoms with Crippen LogP contribution in [0.4, 0.5) is 4.79 Å². The second-order valence-corrected chi connectivity index (χ2v) is 9.11. The largest absolute Gasteiger partial charge is 0.481 e. The number of fused-ring (bicyclic) bond motifs is 3. The van der Waals surface area contributed by atoms with Gasteiger partial charge in [0.15, 0.2) is 0 Å². The highest BCUT2D eigenvalue weighted by Gasteiger charge is 2.33. The van der Waals surface area contributed by atoms with Crippen LogP contribution in [-0.2, 0) is 14.3 Å². The topological polar surface area (TPSA) is 105 Å². The number of hydrogen-bond donors (Lipinski definition) is 3. The molecule has 0 bridgehead atoms. The van der Waals surface area contributed by atoms with Gasteiger partial charge in [0.2, 0.25) is 5.91 Å². The smallest absolute Gasteiger partial charge is 0.407 e. The predicted molar refractivity (Wildman–Crippen MR) is 128 cm³/mol. The lowest BCUT2D eigenvalue weighted by molar-refractivity contribution is -0.137. The van der Waals surface area contributed by atoms with Gasteiger partial charge in [0.1, 0.15) is 6.61 Å². The van der Waals surface area contributed by atoms with E-state index in [1.165, 1.54) is 11.1 Å². The summed E-state index contributed by atoms with van der Waals surface area (Å²) in [6.45, 7) is 0.688. The standard InChI is InChI=1S/C27H32N2O5/c30-25(31)15-7-8-16-28-26(32)22-13-5-6-14-24(22)29-27(33)34-17-23-20-11-3-1-9-18(20)19-10-2-4-12-21(19)23/h1-4,9-12,22-24H,5-8,13-17H2,(H,28,32)(H,29,33)(H,30,31)/t22-,24+/m0/s1. The molecule has 2 aliphatic carbocycles. The fraction of sp³-hybridized carbons (Fsp3) is 0.444. The average Bonchev–Trinajstić information content (AvgIpc) is 3.16. The van der Waals surface area contributed by atoms with Crippen LogP contribution < -0.4 is 10.6 Å². The van der Waals surface area contributed by atoms with Gasteiger partial charge in [0, 0.05) is 24.9 Å². The van der Waals surface area contributed by atoms with Crippen LogP contribution >= 0.6 is 0 Å². The van der Waals surface area contributed by atoms with E-state index in [0.29, 0.717) is 19.4 Å². The maximum atomic E-state index is 12.7. The van der Waals surface area contributed by atoms with Gasteiger partial charge < -0.3 is 20.5 Å². The summed E-state index contributed by atoms with van der Waals surface area (Å²) < 4.78 is 5.67. The molecule has 1 fully saturated rings. The molecule has 0 unspecified atom stereocenters. The molecule has 34 heavy (non-hydrogen) atoms. The summed E-state index contributed by atoms with van der Waals surface area (Å²) in [5.74, 6) is -1.21. The number of benzene rings is 2. The number of hydrogen-bond acceptors (Lipinski definition) is 4. The maximum absolute atomic E-state index is 12.7. The Morgan fingerprint density at radius 2 is 1.56 bits per heavy atom. The predicted octanol–water partition coefficient (Wildman–Crippen LogP) is 4.46. The molecular formula is C27H32N2O5. The molecule has 4 rings (SSSR count). The van der Waals surface area contributed by atoms with Gasteiger partial charge in [0.05, 0.1) is 5.92 Å². The summed E-state index contributed by atoms with van der Waals surface area (Å²) in [5.41, 5.74) is 4.68. The van der Waals surface area contributed by atoms with Crippen molar-refractivity contribution in [3.05, 3.63) is 59.7 Å². The number of carboxylic acid groups (broad SMARTS) is 1. The summed E-state index contributed by atoms with van der Waals surface area (Å²) >= 11 is 0. The summed E-state index contributed by atoms with van der Waals surface area (Å²) in [5, 5.41) is 14.6. The van der Waals surface area contributed by atoms with E-state index in [9.17, 15) is 14.4 Å². The molecule has 2 aromatic rings. The van der Waals surface area contributed by atoms with Crippen molar-refractivity contribution in [1.82, 2.24) is 10.6 Å². The van der Waals surface area contributed by atoms with Gasteiger partial charge in [-0.2, -0.15) is 0 Å². The van der Waals surface area contributed by atoms with Crippen molar-refractivity contribution in [1.29, 1.82) is 0 Å². The molecule has 1 saturated carbocycles. The number of ether oxygens (including phenoxy) is 1. The van der Waals surface area contributed by atoms with E-state index in [2.05, 4.69) is 34.9 Å². The Hall–Kier alpha value is -3.35. The van der Waals surface area contributed by atoms with E-state index in [1.807, 2.05) is 24.3 Å². The monoisotopic (exact) mass is 464 g/mol. The SMILES string of the molecule is O=C(O)CCCCNC(=O)[C@H]1CCCC[C@H]1NC(=O)OCC1c2ccccc2-c2ccccc21. The first-order valence-corrected chi connectivity index (χ1v) is 12.2. The first-order chi connectivity index (χ1) is 16.5. The number of alkyl carbamates (subject to hydrolysis) is 1. The van der Waals surface area contributed by atoms with Gasteiger partial charge in [0.25, 0.3) is 0 Å². The Balaban J connectivity index is 1.30. The van der Waals surface area contributed by atoms with Gasteiger partial charge in [-0.1, -0.05) is 61.4 Å². The second-order valence-electron chi connectivity index (χ2n) is 9.11. The second kappa shape index (κ2) is 11.2. The van der Waals surface area contributed by atoms with Crippen molar-refractivity contribution >= 4 is 18.0 Å². The van der Waals surface area contributed by atoms with E-state index < -0.39 is 12.1 Å². The van der Waals surface area contributed by atoms with Crippen LogP contribution in [0, 0.1) is 5.92 Å². The van der Waals surface area contributed by atoms with Crippen LogP contribution in [0.15, 0.2) is 48.5 Å². The Morgan fingerprint density at radius 1 is 0.912 bits per heavy atom. The molecule has 0 aromatic heterocycles. The highest BCUT2D eigenvalue weighted by molar-refractivity contribution is 5.81. The molecule has 2 aromatic carbocycles. The van der Waals surface area contributed by atoms with Crippen molar-refractivity contribution in [3.63, 3.8) is 0 Å². The van der Waals surface area contributed by atoms with Crippen LogP contribution in [0.5, 0.6) is 0 Å². The summed E-state index contributed by atoms with van der Waals surface area (Å²) in [6.07, 6.45) is 4.11. The molecule has 0 heterocycles. The maximum Gasteiger partial charge on any atom is 0.407 e. The van der Waals surface area contributed by atoms with Crippen molar-refractivity contribution in [2.45, 2.75) is 56.9 Å². The van der Waals surface area contributed by atoms with Crippen LogP contribution in [-0.4, -0.2) is 42.3 Å². The third-order valence-corrected chi connectivity index (χ3v) is 6.87. The first kappa shape index (κ1) is 23.8. The number of nitrogens with one attached hydrogen (secondary N) is 2. The van der Waals surface area contributed by atoms with E-state index in [-0.39, 0.29) is 36.8 Å². The van der Waals surface area contributed by atoms with Crippen LogP contribution in [0.1, 0.15) is 62.0 Å². The number of carbonyl (C=O) groups excluding carboxylic acids is 2. The van der Waals surface area contributed by atoms with Crippen LogP contribution in [0.2, 0.25) is 0 Å². The zero-order valence-electron chi connectivity index (χ0n) is 19.3. The van der Waals surface area contributed by atoms with Crippen molar-refractivity contribution in [2.75, 3.05) is 13.2 Å². The quantitative estimate of drug-likeness (QED) is 0.476. The Kier molecular flexibility index (Phi) is 7.83. The lowest BCUT2D eigenvalue weighted by Crippen LogP contribution is -2.48. The van der Waals surface area contributed by atoms with Gasteiger partial charge >= 0.3 is 12.1 Å². The molecule has 2 amide bonds. The van der Waals surface area contributed by atoms with Gasteiger partial charge in [-0.05, 0) is 47.9 Å². The minimum atomic E-state index is -0.828. The van der Waals surface area contributed by atoms with E-state index in [4.69, 9.17) is 9.84 Å². The summed E-state index contributed by atoms with van der Waals surface area (Å²) in [6, 6.07) is 16.2. The zero-order valence-corrected chi connectivity index (χ0v) is 19.3. The zero-order chi connectivity index (χ0) is 23.9. The minimum absolute atomic E-state index is 0.00518. The molecule has 2 aliphatic rings. The first-order valence-electron chi connectivity index (χ1n) is 12.2. The van der Waals surface area contributed by atoms with E-state index in [1.54, 1.807) is 0 Å². The summed E-state index contributed by atoms with van der Waals surface area (Å²) in [7, 11) is 0. The molecule has 0 saturated heterocycles. The number of aliphatic carboxylic acids is 1. The Morgan fingerprint density at radius 3 is 2.24 bits per heavy atom. The number of unbranched alkanes of at least 4 members (excludes halogenated alkanes) is 1. The highest BCUT2D eigenvalue weighted by atomic mass is 16.5. The van der Waals surface area contributed by atoms with E-state index in [0.717, 1.165) is 36.8 Å². The Labute approximate surface area is 199 Å². The van der Waals surface area contributed by atoms with Crippen molar-refractivity contribution in [2.24, 2.45) is 5.92 Å². The molecule has 180 valence electrons. The normalized spacial score (nSPS) is 19.1. The molecule has 0 radical (unpaired) electrons. The minimum Gasteiger partial charge on any atom is -0.481 e. The highest BCUT2D eigenvalue weighted by Crippen LogP contribution is 2.44. The van der Waals surface area contributed by atoms with Crippen LogP contribution in [0.25, 0.3) is 11.1 Å². The molecule has 7 heteroatoms. The number of carbonyl (C=O) groups is 3. The molecule has 7 nitrogen and oxygen atoms in total. The molecule has 3 N–H and O–H groups in total. The third-order valence-electron chi connectivity index (χ3n) is 6.87. The number of amides is 2. The van der Waals surface area contributed by atoms with Crippen molar-refractivity contribution in [3.8, 4) is 11.1 Å². The lowest BCUT2D eigenvalue weighted by Gasteiger charge is -2.31. The molecule has 2 atom stereocenters. The van der Waals surface area contributed by atoms with Crippen molar-refractivity contribution < 1.29 is 24.2 Å². The Bertz CT molecular complexity index is 992. The number of carboxylic acids is 1. The lowest BCUT2D eigenvalue weighted by atomic mass is 9.84. The molecular weight excluding hydrogens is 432 g/mol. The summed E-state index contributed by atoms with van der Waals surface area (Å²) in [4.78, 5) is 36.0.